The number of rotatable bonds is 4. The van der Waals surface area contributed by atoms with Crippen LogP contribution in [0.5, 0.6) is 0 Å². The predicted octanol–water partition coefficient (Wildman–Crippen LogP) is 2.41. The van der Waals surface area contributed by atoms with Gasteiger partial charge in [0.2, 0.25) is 0 Å². The maximum Gasteiger partial charge on any atom is 0.0728 e. The van der Waals surface area contributed by atoms with Crippen molar-refractivity contribution in [3.63, 3.8) is 0 Å². The van der Waals surface area contributed by atoms with E-state index in [1.807, 2.05) is 10.9 Å². The summed E-state index contributed by atoms with van der Waals surface area (Å²) < 4.78 is 2.04. The van der Waals surface area contributed by atoms with Gasteiger partial charge in [0.05, 0.1) is 11.9 Å². The highest BCUT2D eigenvalue weighted by Crippen LogP contribution is 2.42. The Hall–Kier alpha value is -0.900. The summed E-state index contributed by atoms with van der Waals surface area (Å²) in [4.78, 5) is 0. The number of aryl methyl sites for hydroxylation is 1. The van der Waals surface area contributed by atoms with E-state index in [9.17, 15) is 0 Å². The van der Waals surface area contributed by atoms with E-state index in [0.717, 1.165) is 24.9 Å². The summed E-state index contributed by atoms with van der Waals surface area (Å²) >= 11 is 0. The van der Waals surface area contributed by atoms with Gasteiger partial charge in [-0.05, 0) is 50.5 Å². The van der Waals surface area contributed by atoms with Crippen LogP contribution in [0.2, 0.25) is 0 Å². The van der Waals surface area contributed by atoms with Crippen LogP contribution < -0.4 is 5.73 Å². The van der Waals surface area contributed by atoms with E-state index in [-0.39, 0.29) is 0 Å². The first kappa shape index (κ1) is 13.5. The molecule has 1 fully saturated rings. The molecule has 4 heteroatoms. The minimum atomic E-state index is 0.547. The lowest BCUT2D eigenvalue weighted by molar-refractivity contribution is 0.191. The number of nitrogens with two attached hydrogens (primary N) is 1. The Morgan fingerprint density at radius 1 is 1.44 bits per heavy atom. The fourth-order valence-electron chi connectivity index (χ4n) is 3.31. The summed E-state index contributed by atoms with van der Waals surface area (Å²) in [6, 6.07) is 0. The van der Waals surface area contributed by atoms with Crippen LogP contribution in [-0.2, 0) is 6.54 Å². The molecule has 18 heavy (non-hydrogen) atoms. The van der Waals surface area contributed by atoms with Crippen molar-refractivity contribution in [3.8, 4) is 0 Å². The molecule has 1 aliphatic carbocycles. The normalized spacial score (nSPS) is 28.8. The molecule has 3 unspecified atom stereocenters. The Morgan fingerprint density at radius 2 is 2.22 bits per heavy atom. The zero-order valence-electron chi connectivity index (χ0n) is 11.8. The number of aromatic nitrogens is 3. The van der Waals surface area contributed by atoms with E-state index in [2.05, 4.69) is 31.1 Å². The first-order valence-electron chi connectivity index (χ1n) is 7.25. The minimum absolute atomic E-state index is 0.547. The van der Waals surface area contributed by atoms with Crippen molar-refractivity contribution in [3.05, 3.63) is 11.9 Å². The Labute approximate surface area is 110 Å². The Bertz CT molecular complexity index is 372. The molecule has 0 aliphatic heterocycles. The maximum absolute atomic E-state index is 5.96. The molecular formula is C14H26N4. The van der Waals surface area contributed by atoms with Crippen molar-refractivity contribution in [2.24, 2.45) is 23.5 Å². The van der Waals surface area contributed by atoms with Crippen LogP contribution in [0.15, 0.2) is 6.20 Å². The summed E-state index contributed by atoms with van der Waals surface area (Å²) in [5.74, 6) is 2.73. The van der Waals surface area contributed by atoms with Crippen LogP contribution in [0.1, 0.15) is 51.6 Å². The van der Waals surface area contributed by atoms with Gasteiger partial charge in [-0.3, -0.25) is 0 Å². The molecule has 2 N–H and O–H groups in total. The molecule has 102 valence electrons. The van der Waals surface area contributed by atoms with E-state index in [1.165, 1.54) is 25.0 Å². The molecule has 0 radical (unpaired) electrons. The third-order valence-corrected chi connectivity index (χ3v) is 4.61. The highest BCUT2D eigenvalue weighted by Gasteiger charge is 2.33. The summed E-state index contributed by atoms with van der Waals surface area (Å²) in [6.07, 6.45) is 5.76. The number of nitrogens with zero attached hydrogens (tertiary/aromatic N) is 3. The zero-order chi connectivity index (χ0) is 13.1. The van der Waals surface area contributed by atoms with E-state index in [0.29, 0.717) is 11.8 Å². The van der Waals surface area contributed by atoms with E-state index >= 15 is 0 Å². The third kappa shape index (κ3) is 2.58. The lowest BCUT2D eigenvalue weighted by atomic mass is 9.69. The van der Waals surface area contributed by atoms with Crippen LogP contribution in [0, 0.1) is 17.8 Å². The highest BCUT2D eigenvalue weighted by molar-refractivity contribution is 5.08. The van der Waals surface area contributed by atoms with Crippen LogP contribution in [0.25, 0.3) is 0 Å². The van der Waals surface area contributed by atoms with Crippen molar-refractivity contribution in [1.29, 1.82) is 0 Å². The highest BCUT2D eigenvalue weighted by atomic mass is 15.4. The van der Waals surface area contributed by atoms with Gasteiger partial charge in [-0.1, -0.05) is 19.1 Å². The smallest absolute Gasteiger partial charge is 0.0728 e. The molecule has 0 aromatic carbocycles. The van der Waals surface area contributed by atoms with Crippen LogP contribution in [-0.4, -0.2) is 21.5 Å². The summed E-state index contributed by atoms with van der Waals surface area (Å²) in [5.41, 5.74) is 7.25. The average molecular weight is 250 g/mol. The van der Waals surface area contributed by atoms with E-state index in [4.69, 9.17) is 5.73 Å². The Balaban J connectivity index is 2.21. The second-order valence-electron chi connectivity index (χ2n) is 5.89. The maximum atomic E-state index is 5.96. The van der Waals surface area contributed by atoms with Crippen LogP contribution >= 0.6 is 0 Å². The topological polar surface area (TPSA) is 56.7 Å². The minimum Gasteiger partial charge on any atom is -0.330 e. The molecule has 0 bridgehead atoms. The molecule has 3 atom stereocenters. The van der Waals surface area contributed by atoms with Gasteiger partial charge in [0.15, 0.2) is 0 Å². The largest absolute Gasteiger partial charge is 0.330 e. The molecule has 1 aliphatic rings. The SMILES string of the molecule is CCn1nncc1C1CC(C(C)C)CCC1CN. The molecule has 1 aromatic heterocycles. The van der Waals surface area contributed by atoms with Crippen LogP contribution in [0.4, 0.5) is 0 Å². The van der Waals surface area contributed by atoms with Gasteiger partial charge in [-0.15, -0.1) is 5.10 Å². The van der Waals surface area contributed by atoms with E-state index < -0.39 is 0 Å². The van der Waals surface area contributed by atoms with Crippen LogP contribution in [0.3, 0.4) is 0 Å². The second kappa shape index (κ2) is 5.83. The Morgan fingerprint density at radius 3 is 2.83 bits per heavy atom. The lowest BCUT2D eigenvalue weighted by Gasteiger charge is -2.37. The van der Waals surface area contributed by atoms with Crippen molar-refractivity contribution in [2.45, 2.75) is 52.5 Å². The molecule has 0 saturated heterocycles. The van der Waals surface area contributed by atoms with Crippen molar-refractivity contribution < 1.29 is 0 Å². The summed E-state index contributed by atoms with van der Waals surface area (Å²) in [5, 5.41) is 8.25. The Kier molecular flexibility index (Phi) is 4.38. The van der Waals surface area contributed by atoms with Gasteiger partial charge in [-0.2, -0.15) is 0 Å². The molecule has 1 saturated carbocycles. The molecule has 1 aromatic rings. The fraction of sp³-hybridized carbons (Fsp3) is 0.857. The molecule has 0 spiro atoms. The third-order valence-electron chi connectivity index (χ3n) is 4.61. The van der Waals surface area contributed by atoms with Crippen molar-refractivity contribution >= 4 is 0 Å². The van der Waals surface area contributed by atoms with Gasteiger partial charge in [0.1, 0.15) is 0 Å². The molecule has 0 amide bonds. The fourth-order valence-corrected chi connectivity index (χ4v) is 3.31. The molecule has 1 heterocycles. The van der Waals surface area contributed by atoms with Gasteiger partial charge in [-0.25, -0.2) is 4.68 Å². The molecule has 2 rings (SSSR count). The first-order valence-corrected chi connectivity index (χ1v) is 7.25. The first-order chi connectivity index (χ1) is 8.67. The number of hydrogen-bond donors (Lipinski definition) is 1. The zero-order valence-corrected chi connectivity index (χ0v) is 11.8. The predicted molar refractivity (Wildman–Crippen MR) is 73.2 cm³/mol. The summed E-state index contributed by atoms with van der Waals surface area (Å²) in [6.45, 7) is 8.47. The molecular weight excluding hydrogens is 224 g/mol. The van der Waals surface area contributed by atoms with E-state index in [1.54, 1.807) is 0 Å². The second-order valence-corrected chi connectivity index (χ2v) is 5.89. The van der Waals surface area contributed by atoms with Gasteiger partial charge in [0, 0.05) is 12.5 Å². The van der Waals surface area contributed by atoms with Crippen molar-refractivity contribution in [1.82, 2.24) is 15.0 Å². The van der Waals surface area contributed by atoms with Crippen molar-refractivity contribution in [2.75, 3.05) is 6.54 Å². The standard InChI is InChI=1S/C14H26N4/c1-4-18-14(9-16-17-18)13-7-11(10(2)3)5-6-12(13)8-15/h9-13H,4-8,15H2,1-3H3. The van der Waals surface area contributed by atoms with Gasteiger partial charge < -0.3 is 5.73 Å². The number of hydrogen-bond acceptors (Lipinski definition) is 3. The monoisotopic (exact) mass is 250 g/mol. The molecule has 4 nitrogen and oxygen atoms in total. The quantitative estimate of drug-likeness (QED) is 0.892. The summed E-state index contributed by atoms with van der Waals surface area (Å²) in [7, 11) is 0. The van der Waals surface area contributed by atoms with Gasteiger partial charge >= 0.3 is 0 Å². The lowest BCUT2D eigenvalue weighted by Crippen LogP contribution is -2.32. The average Bonchev–Trinajstić information content (AvgIpc) is 2.85. The van der Waals surface area contributed by atoms with Gasteiger partial charge in [0.25, 0.3) is 0 Å².